The number of benzene rings is 1. The Labute approximate surface area is 213 Å². The Kier molecular flexibility index (Phi) is 7.07. The minimum atomic E-state index is -0.515. The van der Waals surface area contributed by atoms with E-state index in [2.05, 4.69) is 47.3 Å². The molecule has 2 aliphatic heterocycles. The molecule has 4 rings (SSSR count). The second-order valence-electron chi connectivity index (χ2n) is 10.8. The summed E-state index contributed by atoms with van der Waals surface area (Å²) in [4.78, 5) is 37.7. The monoisotopic (exact) mass is 491 g/mol. The van der Waals surface area contributed by atoms with Gasteiger partial charge < -0.3 is 19.9 Å². The van der Waals surface area contributed by atoms with Gasteiger partial charge in [0.25, 0.3) is 0 Å². The summed E-state index contributed by atoms with van der Waals surface area (Å²) in [6.45, 7) is 14.5. The summed E-state index contributed by atoms with van der Waals surface area (Å²) >= 11 is 0. The topological polar surface area (TPSA) is 87.7 Å². The Balaban J connectivity index is 1.66. The summed E-state index contributed by atoms with van der Waals surface area (Å²) < 4.78 is 5.53. The molecule has 36 heavy (non-hydrogen) atoms. The summed E-state index contributed by atoms with van der Waals surface area (Å²) in [6.07, 6.45) is 4.30. The van der Waals surface area contributed by atoms with E-state index in [1.165, 1.54) is 5.57 Å². The normalized spacial score (nSPS) is 22.0. The fourth-order valence-corrected chi connectivity index (χ4v) is 4.99. The molecule has 3 heterocycles. The van der Waals surface area contributed by atoms with Crippen molar-refractivity contribution in [2.24, 2.45) is 5.92 Å². The number of carbonyl (C=O) groups excluding carboxylic acids is 2. The number of aromatic nitrogens is 2. The van der Waals surface area contributed by atoms with Crippen molar-refractivity contribution >= 4 is 29.2 Å². The van der Waals surface area contributed by atoms with Crippen molar-refractivity contribution in [3.63, 3.8) is 0 Å². The lowest BCUT2D eigenvalue weighted by atomic mass is 9.81. The molecular formula is C28H37N5O3. The lowest BCUT2D eigenvalue weighted by molar-refractivity contribution is -0.117. The highest BCUT2D eigenvalue weighted by Gasteiger charge is 2.39. The minimum absolute atomic E-state index is 0.0134. The van der Waals surface area contributed by atoms with Gasteiger partial charge in [-0.15, -0.1) is 0 Å². The van der Waals surface area contributed by atoms with E-state index in [0.717, 1.165) is 28.9 Å². The third-order valence-corrected chi connectivity index (χ3v) is 6.97. The smallest absolute Gasteiger partial charge is 0.410 e. The van der Waals surface area contributed by atoms with Gasteiger partial charge in [-0.3, -0.25) is 4.79 Å². The first-order valence-electron chi connectivity index (χ1n) is 12.6. The number of aryl methyl sites for hydroxylation is 1. The zero-order chi connectivity index (χ0) is 26.2. The summed E-state index contributed by atoms with van der Waals surface area (Å²) in [7, 11) is 0. The molecule has 0 saturated heterocycles. The number of nitrogens with one attached hydrogen (secondary N) is 1. The lowest BCUT2D eigenvalue weighted by Crippen LogP contribution is -2.48. The number of carbonyl (C=O) groups is 2. The fraction of sp³-hybridized carbons (Fsp3) is 0.500. The van der Waals surface area contributed by atoms with E-state index >= 15 is 0 Å². The van der Waals surface area contributed by atoms with Crippen LogP contribution in [0.3, 0.4) is 0 Å². The third-order valence-electron chi connectivity index (χ3n) is 6.97. The lowest BCUT2D eigenvalue weighted by Gasteiger charge is -2.44. The molecule has 1 unspecified atom stereocenters. The van der Waals surface area contributed by atoms with E-state index in [0.29, 0.717) is 19.0 Å². The van der Waals surface area contributed by atoms with Crippen LogP contribution in [0.25, 0.3) is 5.57 Å². The van der Waals surface area contributed by atoms with E-state index in [4.69, 9.17) is 4.74 Å². The Morgan fingerprint density at radius 1 is 1.17 bits per heavy atom. The molecule has 192 valence electrons. The molecule has 1 aromatic carbocycles. The molecule has 0 aliphatic carbocycles. The maximum absolute atomic E-state index is 12.6. The van der Waals surface area contributed by atoms with Crippen LogP contribution in [0.1, 0.15) is 70.8 Å². The molecule has 0 spiro atoms. The average Bonchev–Trinajstić information content (AvgIpc) is 2.81. The van der Waals surface area contributed by atoms with Crippen molar-refractivity contribution < 1.29 is 14.3 Å². The van der Waals surface area contributed by atoms with Crippen molar-refractivity contribution in [3.05, 3.63) is 53.4 Å². The Hall–Kier alpha value is -3.42. The number of hydrogen-bond donors (Lipinski definition) is 1. The third kappa shape index (κ3) is 5.37. The number of rotatable bonds is 3. The predicted molar refractivity (Wildman–Crippen MR) is 142 cm³/mol. The maximum Gasteiger partial charge on any atom is 0.410 e. The second-order valence-corrected chi connectivity index (χ2v) is 10.8. The standard InChI is InChI=1S/C28H37N5O3/c1-17-10-13-29-26(30-17)31-25-18(2)19(3)33(20(4)34)24-9-8-22(16-23(24)25)21-11-14-32(15-12-21)27(35)36-28(5,6)7/h8-11,13,16,18-19,25H,12,14-15H2,1-7H3,(H,29,30,31)/t18-,19-,25?/m0/s1. The van der Waals surface area contributed by atoms with Crippen LogP contribution >= 0.6 is 0 Å². The minimum Gasteiger partial charge on any atom is -0.444 e. The molecule has 1 N–H and O–H groups in total. The Morgan fingerprint density at radius 3 is 2.53 bits per heavy atom. The van der Waals surface area contributed by atoms with Crippen LogP contribution in [0.15, 0.2) is 36.5 Å². The number of amides is 2. The average molecular weight is 492 g/mol. The first kappa shape index (κ1) is 25.7. The van der Waals surface area contributed by atoms with Crippen LogP contribution in [0.5, 0.6) is 0 Å². The highest BCUT2D eigenvalue weighted by atomic mass is 16.6. The van der Waals surface area contributed by atoms with Crippen LogP contribution < -0.4 is 10.2 Å². The molecule has 3 atom stereocenters. The van der Waals surface area contributed by atoms with Crippen molar-refractivity contribution in [3.8, 4) is 0 Å². The largest absolute Gasteiger partial charge is 0.444 e. The molecule has 1 aromatic heterocycles. The fourth-order valence-electron chi connectivity index (χ4n) is 4.99. The molecule has 0 saturated carbocycles. The highest BCUT2D eigenvalue weighted by Crippen LogP contribution is 2.43. The van der Waals surface area contributed by atoms with Crippen molar-refractivity contribution in [1.29, 1.82) is 0 Å². The van der Waals surface area contributed by atoms with Crippen molar-refractivity contribution in [2.45, 2.75) is 72.6 Å². The number of ether oxygens (including phenoxy) is 1. The van der Waals surface area contributed by atoms with E-state index in [-0.39, 0.29) is 30.0 Å². The van der Waals surface area contributed by atoms with Gasteiger partial charge in [-0.25, -0.2) is 14.8 Å². The van der Waals surface area contributed by atoms with Gasteiger partial charge in [0.05, 0.1) is 6.04 Å². The van der Waals surface area contributed by atoms with Crippen LogP contribution in [-0.2, 0) is 9.53 Å². The van der Waals surface area contributed by atoms with Gasteiger partial charge in [0, 0.05) is 49.6 Å². The first-order valence-corrected chi connectivity index (χ1v) is 12.6. The molecule has 2 amide bonds. The zero-order valence-corrected chi connectivity index (χ0v) is 22.3. The van der Waals surface area contributed by atoms with Gasteiger partial charge in [-0.1, -0.05) is 19.1 Å². The first-order chi connectivity index (χ1) is 16.9. The van der Waals surface area contributed by atoms with E-state index in [1.54, 1.807) is 18.0 Å². The Morgan fingerprint density at radius 2 is 1.92 bits per heavy atom. The predicted octanol–water partition coefficient (Wildman–Crippen LogP) is 5.35. The number of fused-ring (bicyclic) bond motifs is 1. The second kappa shape index (κ2) is 9.91. The summed E-state index contributed by atoms with van der Waals surface area (Å²) in [5.41, 5.74) is 4.62. The Bertz CT molecular complexity index is 1190. The van der Waals surface area contributed by atoms with Gasteiger partial charge in [-0.05, 0) is 75.9 Å². The van der Waals surface area contributed by atoms with Gasteiger partial charge in [-0.2, -0.15) is 0 Å². The van der Waals surface area contributed by atoms with Crippen LogP contribution in [0.2, 0.25) is 0 Å². The van der Waals surface area contributed by atoms with E-state index < -0.39 is 5.60 Å². The van der Waals surface area contributed by atoms with Crippen LogP contribution in [-0.4, -0.2) is 51.6 Å². The number of hydrogen-bond acceptors (Lipinski definition) is 6. The van der Waals surface area contributed by atoms with Crippen LogP contribution in [0, 0.1) is 12.8 Å². The van der Waals surface area contributed by atoms with Crippen molar-refractivity contribution in [2.75, 3.05) is 23.3 Å². The summed E-state index contributed by atoms with van der Waals surface area (Å²) in [6, 6.07) is 8.12. The highest BCUT2D eigenvalue weighted by molar-refractivity contribution is 5.94. The van der Waals surface area contributed by atoms with Crippen LogP contribution in [0.4, 0.5) is 16.4 Å². The molecule has 0 fully saturated rings. The molecule has 2 aliphatic rings. The molecule has 2 aromatic rings. The summed E-state index contributed by atoms with van der Waals surface area (Å²) in [5, 5.41) is 3.54. The number of nitrogens with zero attached hydrogens (tertiary/aromatic N) is 4. The van der Waals surface area contributed by atoms with Gasteiger partial charge in [0.2, 0.25) is 11.9 Å². The molecule has 8 heteroatoms. The molecule has 0 radical (unpaired) electrons. The van der Waals surface area contributed by atoms with Gasteiger partial charge in [0.15, 0.2) is 0 Å². The summed E-state index contributed by atoms with van der Waals surface area (Å²) in [5.74, 6) is 0.735. The van der Waals surface area contributed by atoms with Crippen molar-refractivity contribution in [1.82, 2.24) is 14.9 Å². The quantitative estimate of drug-likeness (QED) is 0.622. The zero-order valence-electron chi connectivity index (χ0n) is 22.3. The molecule has 0 bridgehead atoms. The maximum atomic E-state index is 12.6. The van der Waals surface area contributed by atoms with E-state index in [1.807, 2.05) is 44.7 Å². The molecular weight excluding hydrogens is 454 g/mol. The van der Waals surface area contributed by atoms with Gasteiger partial charge in [0.1, 0.15) is 5.60 Å². The van der Waals surface area contributed by atoms with Gasteiger partial charge >= 0.3 is 6.09 Å². The molecule has 8 nitrogen and oxygen atoms in total. The van der Waals surface area contributed by atoms with E-state index in [9.17, 15) is 9.59 Å². The SMILES string of the molecule is CC(=O)N1c2ccc(C3=CCN(C(=O)OC(C)(C)C)CC3)cc2C(Nc2nccc(C)n2)[C@@H](C)[C@@H]1C. The number of anilines is 2.